The van der Waals surface area contributed by atoms with Crippen LogP contribution in [0.4, 0.5) is 0 Å². The maximum absolute atomic E-state index is 12.7. The topological polar surface area (TPSA) is 61.8 Å². The van der Waals surface area contributed by atoms with E-state index in [9.17, 15) is 9.59 Å². The van der Waals surface area contributed by atoms with Crippen molar-refractivity contribution in [3.8, 4) is 0 Å². The van der Waals surface area contributed by atoms with E-state index in [1.807, 2.05) is 0 Å². The van der Waals surface area contributed by atoms with Crippen molar-refractivity contribution < 1.29 is 23.8 Å². The van der Waals surface area contributed by atoms with Crippen molar-refractivity contribution >= 4 is 11.9 Å². The van der Waals surface area contributed by atoms with Gasteiger partial charge < -0.3 is 14.2 Å². The number of unbranched alkanes of at least 4 members (excludes halogenated alkanes) is 15. The summed E-state index contributed by atoms with van der Waals surface area (Å²) in [5.74, 6) is -0.458. The molecule has 0 aromatic carbocycles. The van der Waals surface area contributed by atoms with Crippen molar-refractivity contribution in [2.75, 3.05) is 19.8 Å². The zero-order valence-electron chi connectivity index (χ0n) is 37.8. The Labute approximate surface area is 358 Å². The van der Waals surface area contributed by atoms with Crippen LogP contribution in [0.5, 0.6) is 0 Å². The highest BCUT2D eigenvalue weighted by Crippen LogP contribution is 2.12. The zero-order valence-corrected chi connectivity index (χ0v) is 37.8. The second kappa shape index (κ2) is 48.2. The van der Waals surface area contributed by atoms with Crippen molar-refractivity contribution in [3.63, 3.8) is 0 Å². The van der Waals surface area contributed by atoms with Gasteiger partial charge in [0.25, 0.3) is 0 Å². The van der Waals surface area contributed by atoms with E-state index < -0.39 is 6.10 Å². The summed E-state index contributed by atoms with van der Waals surface area (Å²) in [7, 11) is 0. The SMILES string of the molecule is CC/C=C\C/C=C\C/C=C\C/C=C\CCCCCCC(=O)OCC(COCCCCCCCCCC)OC(=O)CCCCCC/C=C\C/C=C\C/C=C\C/C=C\CC. The number of allylic oxidation sites excluding steroid dienone is 16. The predicted molar refractivity (Wildman–Crippen MR) is 251 cm³/mol. The molecule has 5 nitrogen and oxygen atoms in total. The highest BCUT2D eigenvalue weighted by Gasteiger charge is 2.17. The maximum atomic E-state index is 12.7. The Hall–Kier alpha value is -3.18. The first-order chi connectivity index (χ1) is 28.6. The van der Waals surface area contributed by atoms with Crippen LogP contribution in [0.3, 0.4) is 0 Å². The summed E-state index contributed by atoms with van der Waals surface area (Å²) in [5, 5.41) is 0. The van der Waals surface area contributed by atoms with Crippen molar-refractivity contribution in [3.05, 3.63) is 97.2 Å². The molecule has 0 aromatic rings. The van der Waals surface area contributed by atoms with Crippen molar-refractivity contribution in [2.45, 2.75) is 207 Å². The second-order valence-corrected chi connectivity index (χ2v) is 15.3. The number of hydrogen-bond donors (Lipinski definition) is 0. The molecule has 0 heterocycles. The second-order valence-electron chi connectivity index (χ2n) is 15.3. The third kappa shape index (κ3) is 45.5. The van der Waals surface area contributed by atoms with Crippen molar-refractivity contribution in [1.82, 2.24) is 0 Å². The highest BCUT2D eigenvalue weighted by atomic mass is 16.6. The molecule has 1 atom stereocenters. The van der Waals surface area contributed by atoms with Gasteiger partial charge in [0.1, 0.15) is 6.61 Å². The minimum Gasteiger partial charge on any atom is -0.462 e. The van der Waals surface area contributed by atoms with Gasteiger partial charge in [0, 0.05) is 19.4 Å². The minimum atomic E-state index is -0.560. The molecule has 0 rings (SSSR count). The number of ether oxygens (including phenoxy) is 3. The molecule has 0 aliphatic heterocycles. The zero-order chi connectivity index (χ0) is 42.1. The van der Waals surface area contributed by atoms with Crippen molar-refractivity contribution in [2.24, 2.45) is 0 Å². The van der Waals surface area contributed by atoms with Gasteiger partial charge in [-0.1, -0.05) is 189 Å². The molecular formula is C53H88O5. The van der Waals surface area contributed by atoms with E-state index in [1.165, 1.54) is 38.5 Å². The summed E-state index contributed by atoms with van der Waals surface area (Å²) in [6.45, 7) is 7.52. The number of hydrogen-bond acceptors (Lipinski definition) is 5. The average Bonchev–Trinajstić information content (AvgIpc) is 3.22. The molecular weight excluding hydrogens is 717 g/mol. The Morgan fingerprint density at radius 2 is 0.776 bits per heavy atom. The van der Waals surface area contributed by atoms with Gasteiger partial charge in [0.2, 0.25) is 0 Å². The maximum Gasteiger partial charge on any atom is 0.306 e. The summed E-state index contributed by atoms with van der Waals surface area (Å²) in [6.07, 6.45) is 64.1. The molecule has 0 radical (unpaired) electrons. The van der Waals surface area contributed by atoms with Gasteiger partial charge in [-0.3, -0.25) is 9.59 Å². The van der Waals surface area contributed by atoms with E-state index in [0.717, 1.165) is 128 Å². The molecule has 0 N–H and O–H groups in total. The summed E-state index contributed by atoms with van der Waals surface area (Å²) in [6, 6.07) is 0. The molecule has 0 bridgehead atoms. The highest BCUT2D eigenvalue weighted by molar-refractivity contribution is 5.70. The largest absolute Gasteiger partial charge is 0.462 e. The number of rotatable bonds is 42. The molecule has 0 fully saturated rings. The molecule has 0 aliphatic rings. The Morgan fingerprint density at radius 1 is 0.397 bits per heavy atom. The van der Waals surface area contributed by atoms with Crippen LogP contribution in [0.1, 0.15) is 201 Å². The van der Waals surface area contributed by atoms with Crippen LogP contribution >= 0.6 is 0 Å². The van der Waals surface area contributed by atoms with E-state index in [4.69, 9.17) is 14.2 Å². The third-order valence-electron chi connectivity index (χ3n) is 9.62. The number of esters is 2. The lowest BCUT2D eigenvalue weighted by molar-refractivity contribution is -0.163. The quantitative estimate of drug-likeness (QED) is 0.0349. The van der Waals surface area contributed by atoms with Crippen molar-refractivity contribution in [1.29, 1.82) is 0 Å². The van der Waals surface area contributed by atoms with Crippen LogP contribution in [0.2, 0.25) is 0 Å². The summed E-state index contributed by atoms with van der Waals surface area (Å²) in [5.41, 5.74) is 0. The smallest absolute Gasteiger partial charge is 0.306 e. The van der Waals surface area contributed by atoms with Gasteiger partial charge in [-0.15, -0.1) is 0 Å². The van der Waals surface area contributed by atoms with Crippen LogP contribution in [-0.2, 0) is 23.8 Å². The standard InChI is InChI=1S/C53H88O5/c1-4-7-10-13-16-19-21-23-25-27-29-31-33-35-37-40-43-46-52(54)57-50-51(49-56-48-45-42-39-18-15-12-9-6-3)58-53(55)47-44-41-38-36-34-32-30-28-26-24-22-20-17-14-11-8-5-2/h7-8,10-11,16-17,19-20,23-26,29-32,51H,4-6,9,12-15,18,21-22,27-28,33-50H2,1-3H3/b10-7-,11-8-,19-16-,20-17-,25-23-,26-24-,31-29-,32-30-. The van der Waals surface area contributed by atoms with E-state index in [2.05, 4.69) is 118 Å². The third-order valence-corrected chi connectivity index (χ3v) is 9.62. The fraction of sp³-hybridized carbons (Fsp3) is 0.660. The molecule has 0 saturated carbocycles. The lowest BCUT2D eigenvalue weighted by Gasteiger charge is -2.18. The molecule has 1 unspecified atom stereocenters. The molecule has 0 spiro atoms. The first kappa shape index (κ1) is 54.8. The molecule has 58 heavy (non-hydrogen) atoms. The van der Waals surface area contributed by atoms with Gasteiger partial charge in [-0.2, -0.15) is 0 Å². The van der Waals surface area contributed by atoms with Crippen LogP contribution < -0.4 is 0 Å². The van der Waals surface area contributed by atoms with Gasteiger partial charge in [-0.05, 0) is 96.3 Å². The predicted octanol–water partition coefficient (Wildman–Crippen LogP) is 15.9. The Morgan fingerprint density at radius 3 is 1.24 bits per heavy atom. The molecule has 0 amide bonds. The summed E-state index contributed by atoms with van der Waals surface area (Å²) < 4.78 is 17.3. The average molecular weight is 805 g/mol. The fourth-order valence-electron chi connectivity index (χ4n) is 6.14. The first-order valence-corrected chi connectivity index (χ1v) is 23.8. The Balaban J connectivity index is 4.30. The van der Waals surface area contributed by atoms with Crippen LogP contribution in [0.25, 0.3) is 0 Å². The summed E-state index contributed by atoms with van der Waals surface area (Å²) >= 11 is 0. The minimum absolute atomic E-state index is 0.0582. The van der Waals surface area contributed by atoms with E-state index in [-0.39, 0.29) is 25.2 Å². The number of carbonyl (C=O) groups is 2. The van der Waals surface area contributed by atoms with E-state index >= 15 is 0 Å². The lowest BCUT2D eigenvalue weighted by Crippen LogP contribution is -2.30. The van der Waals surface area contributed by atoms with Crippen LogP contribution in [0.15, 0.2) is 97.2 Å². The van der Waals surface area contributed by atoms with Gasteiger partial charge >= 0.3 is 11.9 Å². The monoisotopic (exact) mass is 805 g/mol. The normalized spacial score (nSPS) is 13.1. The number of carbonyl (C=O) groups excluding carboxylic acids is 2. The fourth-order valence-corrected chi connectivity index (χ4v) is 6.14. The summed E-state index contributed by atoms with van der Waals surface area (Å²) in [4.78, 5) is 25.3. The first-order valence-electron chi connectivity index (χ1n) is 23.8. The lowest BCUT2D eigenvalue weighted by atomic mass is 10.1. The van der Waals surface area contributed by atoms with Gasteiger partial charge in [0.05, 0.1) is 6.61 Å². The van der Waals surface area contributed by atoms with E-state index in [1.54, 1.807) is 0 Å². The van der Waals surface area contributed by atoms with Gasteiger partial charge in [0.15, 0.2) is 6.10 Å². The Bertz CT molecular complexity index is 1140. The van der Waals surface area contributed by atoms with Crippen LogP contribution in [-0.4, -0.2) is 37.9 Å². The van der Waals surface area contributed by atoms with Gasteiger partial charge in [-0.25, -0.2) is 0 Å². The molecule has 330 valence electrons. The Kier molecular flexibility index (Phi) is 45.5. The molecule has 5 heteroatoms. The van der Waals surface area contributed by atoms with Crippen LogP contribution in [0, 0.1) is 0 Å². The van der Waals surface area contributed by atoms with E-state index in [0.29, 0.717) is 19.4 Å². The molecule has 0 saturated heterocycles. The molecule has 0 aromatic heterocycles. The molecule has 0 aliphatic carbocycles.